The number of aldehydes is 1. The van der Waals surface area contributed by atoms with E-state index in [2.05, 4.69) is 4.98 Å². The molecular formula is C12H7ClN2O. The van der Waals surface area contributed by atoms with Gasteiger partial charge in [0.05, 0.1) is 6.20 Å². The number of pyridine rings is 1. The molecule has 0 aliphatic rings. The summed E-state index contributed by atoms with van der Waals surface area (Å²) in [6, 6.07) is 7.54. The van der Waals surface area contributed by atoms with Crippen LogP contribution in [0.25, 0.3) is 16.4 Å². The highest BCUT2D eigenvalue weighted by Gasteiger charge is 2.07. The third-order valence-corrected chi connectivity index (χ3v) is 2.96. The Morgan fingerprint density at radius 1 is 1.25 bits per heavy atom. The summed E-state index contributed by atoms with van der Waals surface area (Å²) in [6.07, 6.45) is 4.15. The van der Waals surface area contributed by atoms with Crippen molar-refractivity contribution >= 4 is 34.3 Å². The molecule has 0 aliphatic heterocycles. The maximum Gasteiger partial charge on any atom is 0.168 e. The fraction of sp³-hybridized carbons (Fsp3) is 0. The van der Waals surface area contributed by atoms with Gasteiger partial charge >= 0.3 is 0 Å². The van der Waals surface area contributed by atoms with Crippen LogP contribution in [0.4, 0.5) is 0 Å². The van der Waals surface area contributed by atoms with E-state index in [0.29, 0.717) is 10.7 Å². The van der Waals surface area contributed by atoms with Crippen LogP contribution in [0.15, 0.2) is 36.7 Å². The van der Waals surface area contributed by atoms with Crippen molar-refractivity contribution in [3.05, 3.63) is 47.4 Å². The Balaban J connectivity index is 2.55. The van der Waals surface area contributed by atoms with Gasteiger partial charge in [0.25, 0.3) is 0 Å². The van der Waals surface area contributed by atoms with E-state index in [0.717, 1.165) is 22.7 Å². The molecule has 0 unspecified atom stereocenters. The number of hydrogen-bond acceptors (Lipinski definition) is 2. The summed E-state index contributed by atoms with van der Waals surface area (Å²) in [4.78, 5) is 15.0. The lowest BCUT2D eigenvalue weighted by atomic mass is 10.2. The van der Waals surface area contributed by atoms with Crippen molar-refractivity contribution in [2.45, 2.75) is 0 Å². The van der Waals surface area contributed by atoms with Gasteiger partial charge in [-0.2, -0.15) is 0 Å². The second-order valence-electron chi connectivity index (χ2n) is 3.51. The quantitative estimate of drug-likeness (QED) is 0.603. The van der Waals surface area contributed by atoms with Crippen molar-refractivity contribution in [1.82, 2.24) is 9.38 Å². The lowest BCUT2D eigenvalue weighted by molar-refractivity contribution is 0.111. The molecule has 3 nitrogen and oxygen atoms in total. The molecule has 78 valence electrons. The number of carbonyl (C=O) groups excluding carboxylic acids is 1. The fourth-order valence-corrected chi connectivity index (χ4v) is 2.11. The van der Waals surface area contributed by atoms with Crippen LogP contribution in [-0.2, 0) is 0 Å². The summed E-state index contributed by atoms with van der Waals surface area (Å²) in [5.74, 6) is 0. The van der Waals surface area contributed by atoms with Crippen molar-refractivity contribution in [2.75, 3.05) is 0 Å². The van der Waals surface area contributed by atoms with E-state index in [1.54, 1.807) is 16.8 Å². The van der Waals surface area contributed by atoms with E-state index in [1.165, 1.54) is 0 Å². The average Bonchev–Trinajstić information content (AvgIpc) is 2.72. The molecule has 0 bridgehead atoms. The van der Waals surface area contributed by atoms with Gasteiger partial charge in [0.1, 0.15) is 11.3 Å². The summed E-state index contributed by atoms with van der Waals surface area (Å²) in [6.45, 7) is 0. The largest absolute Gasteiger partial charge is 0.297 e. The minimum Gasteiger partial charge on any atom is -0.297 e. The number of halogens is 1. The maximum absolute atomic E-state index is 10.8. The minimum absolute atomic E-state index is 0.539. The zero-order valence-corrected chi connectivity index (χ0v) is 8.98. The Morgan fingerprint density at radius 3 is 2.94 bits per heavy atom. The first-order valence-corrected chi connectivity index (χ1v) is 5.18. The topological polar surface area (TPSA) is 34.4 Å². The highest BCUT2D eigenvalue weighted by atomic mass is 35.5. The lowest BCUT2D eigenvalue weighted by Crippen LogP contribution is -1.90. The van der Waals surface area contributed by atoms with Crippen LogP contribution >= 0.6 is 11.6 Å². The van der Waals surface area contributed by atoms with E-state index in [4.69, 9.17) is 11.6 Å². The number of hydrogen-bond donors (Lipinski definition) is 0. The molecule has 0 atom stereocenters. The molecule has 2 heterocycles. The molecule has 3 rings (SSSR count). The van der Waals surface area contributed by atoms with Crippen molar-refractivity contribution in [1.29, 1.82) is 0 Å². The molecule has 0 N–H and O–H groups in total. The summed E-state index contributed by atoms with van der Waals surface area (Å²) < 4.78 is 1.76. The first-order chi connectivity index (χ1) is 7.81. The maximum atomic E-state index is 10.8. The predicted molar refractivity (Wildman–Crippen MR) is 63.1 cm³/mol. The molecule has 2 aromatic heterocycles. The number of benzene rings is 1. The highest BCUT2D eigenvalue weighted by molar-refractivity contribution is 6.35. The second-order valence-corrected chi connectivity index (χ2v) is 3.92. The Bertz CT molecular complexity index is 703. The fourth-order valence-electron chi connectivity index (χ4n) is 1.87. The van der Waals surface area contributed by atoms with E-state index < -0.39 is 0 Å². The van der Waals surface area contributed by atoms with Gasteiger partial charge in [-0.25, -0.2) is 4.98 Å². The number of nitrogens with zero attached hydrogens (tertiary/aromatic N) is 2. The molecule has 0 saturated carbocycles. The first-order valence-electron chi connectivity index (χ1n) is 4.81. The second kappa shape index (κ2) is 3.32. The number of carbonyl (C=O) groups is 1. The monoisotopic (exact) mass is 230 g/mol. The SMILES string of the molecule is O=Cc1cnc2c3cccc(Cl)c3ccn12. The standard InChI is InChI=1S/C12H7ClN2O/c13-11-3-1-2-10-9(11)4-5-15-8(7-16)6-14-12(10)15/h1-7H. The van der Waals surface area contributed by atoms with Crippen LogP contribution in [0.3, 0.4) is 0 Å². The van der Waals surface area contributed by atoms with E-state index in [9.17, 15) is 4.79 Å². The summed E-state index contributed by atoms with van der Waals surface area (Å²) in [5, 5.41) is 2.58. The van der Waals surface area contributed by atoms with Gasteiger partial charge < -0.3 is 0 Å². The molecule has 0 amide bonds. The van der Waals surface area contributed by atoms with E-state index in [1.807, 2.05) is 24.3 Å². The van der Waals surface area contributed by atoms with Gasteiger partial charge in [-0.3, -0.25) is 9.20 Å². The van der Waals surface area contributed by atoms with Crippen LogP contribution in [0.2, 0.25) is 5.02 Å². The zero-order valence-electron chi connectivity index (χ0n) is 8.22. The van der Waals surface area contributed by atoms with Crippen molar-refractivity contribution < 1.29 is 4.79 Å². The molecule has 0 aliphatic carbocycles. The first kappa shape index (κ1) is 9.36. The van der Waals surface area contributed by atoms with E-state index >= 15 is 0 Å². The zero-order chi connectivity index (χ0) is 11.1. The number of aromatic nitrogens is 2. The molecular weight excluding hydrogens is 224 g/mol. The summed E-state index contributed by atoms with van der Waals surface area (Å²) >= 11 is 6.09. The summed E-state index contributed by atoms with van der Waals surface area (Å²) in [7, 11) is 0. The normalized spacial score (nSPS) is 11.1. The molecule has 0 radical (unpaired) electrons. The van der Waals surface area contributed by atoms with Crippen LogP contribution in [0.5, 0.6) is 0 Å². The predicted octanol–water partition coefficient (Wildman–Crippen LogP) is 2.95. The Morgan fingerprint density at radius 2 is 2.12 bits per heavy atom. The van der Waals surface area contributed by atoms with Crippen molar-refractivity contribution in [3.63, 3.8) is 0 Å². The summed E-state index contributed by atoms with van der Waals surface area (Å²) in [5.41, 5.74) is 1.29. The number of rotatable bonds is 1. The van der Waals surface area contributed by atoms with E-state index in [-0.39, 0.29) is 0 Å². The number of imidazole rings is 1. The molecule has 1 aromatic carbocycles. The van der Waals surface area contributed by atoms with Crippen LogP contribution in [-0.4, -0.2) is 15.7 Å². The van der Waals surface area contributed by atoms with Crippen LogP contribution in [0.1, 0.15) is 10.5 Å². The minimum atomic E-state index is 0.539. The van der Waals surface area contributed by atoms with Gasteiger partial charge in [-0.05, 0) is 12.1 Å². The van der Waals surface area contributed by atoms with Gasteiger partial charge in [0.2, 0.25) is 0 Å². The number of fused-ring (bicyclic) bond motifs is 3. The Hall–Kier alpha value is -1.87. The van der Waals surface area contributed by atoms with Crippen molar-refractivity contribution in [3.8, 4) is 0 Å². The third-order valence-electron chi connectivity index (χ3n) is 2.63. The van der Waals surface area contributed by atoms with Crippen molar-refractivity contribution in [2.24, 2.45) is 0 Å². The molecule has 16 heavy (non-hydrogen) atoms. The van der Waals surface area contributed by atoms with Crippen LogP contribution < -0.4 is 0 Å². The molecule has 0 saturated heterocycles. The Kier molecular flexibility index (Phi) is 1.94. The lowest BCUT2D eigenvalue weighted by Gasteiger charge is -2.02. The van der Waals surface area contributed by atoms with Gasteiger partial charge in [0, 0.05) is 22.0 Å². The van der Waals surface area contributed by atoms with Gasteiger partial charge in [-0.15, -0.1) is 0 Å². The van der Waals surface area contributed by atoms with Gasteiger partial charge in [-0.1, -0.05) is 23.7 Å². The average molecular weight is 231 g/mol. The highest BCUT2D eigenvalue weighted by Crippen LogP contribution is 2.26. The molecule has 0 spiro atoms. The van der Waals surface area contributed by atoms with Crippen LogP contribution in [0, 0.1) is 0 Å². The molecule has 0 fully saturated rings. The molecule has 4 heteroatoms. The third kappa shape index (κ3) is 1.15. The molecule has 3 aromatic rings. The Labute approximate surface area is 96.3 Å². The van der Waals surface area contributed by atoms with Gasteiger partial charge in [0.15, 0.2) is 6.29 Å². The smallest absolute Gasteiger partial charge is 0.168 e.